The number of nitrogens with zero attached hydrogens (tertiary/aromatic N) is 4. The summed E-state index contributed by atoms with van der Waals surface area (Å²) < 4.78 is 41.3. The third-order valence-electron chi connectivity index (χ3n) is 2.94. The molecule has 4 aromatic heterocycles. The Balaban J connectivity index is 0.000000432. The van der Waals surface area contributed by atoms with E-state index in [0.29, 0.717) is 11.0 Å². The van der Waals surface area contributed by atoms with E-state index in [9.17, 15) is 16.8 Å². The second kappa shape index (κ2) is 12.7. The maximum atomic E-state index is 11.2. The summed E-state index contributed by atoms with van der Waals surface area (Å²) in [5.74, 6) is 0. The first-order chi connectivity index (χ1) is 12.6. The van der Waals surface area contributed by atoms with E-state index in [-0.39, 0.29) is 80.4 Å². The van der Waals surface area contributed by atoms with Crippen molar-refractivity contribution in [3.05, 3.63) is 43.5 Å². The molecular formula is C14H15Ar2ClN6O4S2. The molecular weight excluding hydrogens is 496 g/mol. The number of halogens is 1. The van der Waals surface area contributed by atoms with E-state index in [1.165, 1.54) is 25.0 Å². The largest absolute Gasteiger partial charge is 0.346 e. The zero-order chi connectivity index (χ0) is 20.1. The van der Waals surface area contributed by atoms with E-state index in [4.69, 9.17) is 0 Å². The molecule has 0 bridgehead atoms. The Kier molecular flexibility index (Phi) is 12.7. The molecule has 2 N–H and O–H groups in total. The first-order valence-electron chi connectivity index (χ1n) is 7.15. The predicted octanol–water partition coefficient (Wildman–Crippen LogP) is 1.50. The van der Waals surface area contributed by atoms with Crippen LogP contribution in [0.4, 0.5) is 0 Å². The van der Waals surface area contributed by atoms with Gasteiger partial charge in [-0.15, -0.1) is 0 Å². The van der Waals surface area contributed by atoms with Gasteiger partial charge in [0.15, 0.2) is 9.84 Å². The molecule has 4 aromatic rings. The summed E-state index contributed by atoms with van der Waals surface area (Å²) in [6, 6.07) is 1.94. The van der Waals surface area contributed by atoms with Crippen LogP contribution in [0.25, 0.3) is 22.1 Å². The Hall–Kier alpha value is -0.0505. The number of H-pyrrole nitrogens is 2. The fourth-order valence-corrected chi connectivity index (χ4v) is 2.76. The van der Waals surface area contributed by atoms with E-state index in [2.05, 4.69) is 40.6 Å². The first kappa shape index (κ1) is 28.9. The van der Waals surface area contributed by atoms with Crippen molar-refractivity contribution in [2.75, 3.05) is 12.5 Å². The molecule has 29 heavy (non-hydrogen) atoms. The van der Waals surface area contributed by atoms with Gasteiger partial charge in [0, 0.05) is 123 Å². The number of fused-ring (bicyclic) bond motifs is 2. The van der Waals surface area contributed by atoms with Crippen LogP contribution in [0.1, 0.15) is 0 Å². The van der Waals surface area contributed by atoms with Gasteiger partial charge in [-0.2, -0.15) is 0 Å². The molecule has 0 atom stereocenters. The van der Waals surface area contributed by atoms with Crippen LogP contribution in [0, 0.1) is 75.5 Å². The average Bonchev–Trinajstić information content (AvgIpc) is 3.20. The van der Waals surface area contributed by atoms with Gasteiger partial charge in [0.1, 0.15) is 23.9 Å². The van der Waals surface area contributed by atoms with Gasteiger partial charge in [-0.1, -0.05) is 0 Å². The fraction of sp³-hybridized carbons (Fsp3) is 0.143. The van der Waals surface area contributed by atoms with Crippen molar-refractivity contribution < 1.29 is 92.3 Å². The molecule has 0 aliphatic rings. The van der Waals surface area contributed by atoms with Gasteiger partial charge in [-0.05, 0) is 6.07 Å². The molecule has 15 heteroatoms. The van der Waals surface area contributed by atoms with Crippen molar-refractivity contribution >= 4 is 51.6 Å². The Morgan fingerprint density at radius 3 is 2.00 bits per heavy atom. The first-order valence-corrected chi connectivity index (χ1v) is 11.8. The number of sulfone groups is 1. The van der Waals surface area contributed by atoms with Gasteiger partial charge in [0.05, 0.1) is 16.5 Å². The monoisotopic (exact) mass is 510 g/mol. The summed E-state index contributed by atoms with van der Waals surface area (Å²) in [5, 5.41) is 1.59. The smallest absolute Gasteiger partial charge is 0.229 e. The van der Waals surface area contributed by atoms with E-state index >= 15 is 0 Å². The molecule has 0 spiro atoms. The van der Waals surface area contributed by atoms with Crippen LogP contribution in [0.15, 0.2) is 48.4 Å². The fourth-order valence-electron chi connectivity index (χ4n) is 1.94. The van der Waals surface area contributed by atoms with Gasteiger partial charge in [-0.25, -0.2) is 36.8 Å². The quantitative estimate of drug-likeness (QED) is 0.366. The molecule has 160 valence electrons. The molecule has 4 rings (SSSR count). The van der Waals surface area contributed by atoms with E-state index in [1.54, 1.807) is 6.20 Å². The predicted molar refractivity (Wildman–Crippen MR) is 102 cm³/mol. The van der Waals surface area contributed by atoms with Gasteiger partial charge < -0.3 is 9.97 Å². The third-order valence-corrected chi connectivity index (χ3v) is 4.08. The zero-order valence-electron chi connectivity index (χ0n) is 14.9. The molecule has 10 nitrogen and oxygen atoms in total. The van der Waals surface area contributed by atoms with Crippen LogP contribution in [0.3, 0.4) is 0 Å². The van der Waals surface area contributed by atoms with E-state index < -0.39 is 18.9 Å². The van der Waals surface area contributed by atoms with Gasteiger partial charge >= 0.3 is 0 Å². The van der Waals surface area contributed by atoms with Gasteiger partial charge in [0.2, 0.25) is 9.05 Å². The molecule has 0 radical (unpaired) electrons. The minimum Gasteiger partial charge on any atom is -0.346 e. The summed E-state index contributed by atoms with van der Waals surface area (Å²) in [6.45, 7) is 0. The Morgan fingerprint density at radius 1 is 0.897 bits per heavy atom. The Bertz CT molecular complexity index is 1220. The Morgan fingerprint density at radius 2 is 1.45 bits per heavy atom. The average molecular weight is 511 g/mol. The van der Waals surface area contributed by atoms with Crippen molar-refractivity contribution in [2.24, 2.45) is 0 Å². The van der Waals surface area contributed by atoms with Crippen LogP contribution >= 0.6 is 10.7 Å². The minimum atomic E-state index is -3.20. The molecule has 0 saturated carbocycles. The van der Waals surface area contributed by atoms with Crippen LogP contribution in [-0.2, 0) is 18.9 Å². The number of nitrogens with one attached hydrogen (secondary N) is 2. The van der Waals surface area contributed by atoms with Crippen molar-refractivity contribution in [1.29, 1.82) is 0 Å². The summed E-state index contributed by atoms with van der Waals surface area (Å²) in [4.78, 5) is 21.4. The van der Waals surface area contributed by atoms with Crippen LogP contribution in [0.2, 0.25) is 0 Å². The van der Waals surface area contributed by atoms with Crippen LogP contribution < -0.4 is 0 Å². The number of hydrogen-bond donors (Lipinski definition) is 2. The second-order valence-corrected chi connectivity index (χ2v) is 10.2. The molecule has 0 fully saturated rings. The zero-order valence-corrected chi connectivity index (χ0v) is 18.7. The summed E-state index contributed by atoms with van der Waals surface area (Å²) in [5.41, 5.74) is 1.43. The number of hydrogen-bond acceptors (Lipinski definition) is 8. The Labute approximate surface area is 231 Å². The molecule has 4 heterocycles. The molecule has 0 aliphatic carbocycles. The van der Waals surface area contributed by atoms with Crippen molar-refractivity contribution in [1.82, 2.24) is 29.9 Å². The summed E-state index contributed by atoms with van der Waals surface area (Å²) >= 11 is 0. The van der Waals surface area contributed by atoms with Crippen molar-refractivity contribution in [3.8, 4) is 0 Å². The number of rotatable bonds is 1. The van der Waals surface area contributed by atoms with E-state index in [1.807, 2.05) is 12.3 Å². The molecule has 0 aliphatic heterocycles. The summed E-state index contributed by atoms with van der Waals surface area (Å²) in [7, 11) is -1.89. The minimum absolute atomic E-state index is 0. The van der Waals surface area contributed by atoms with Gasteiger partial charge in [0.25, 0.3) is 0 Å². The standard InChI is InChI=1S/C7H7N3O2S.C6H5N3.CH3ClO2S.2Ar/c1-13(11,12)6-3-9-7-5(6)2-8-4-10-7;1-2-8-6-5(1)3-7-4-9-6;1-5(2,3)4;;/h2-4H,1H3,(H,8,9,10);1-4H,(H,7,8,9);1H3;;. The summed E-state index contributed by atoms with van der Waals surface area (Å²) in [6.07, 6.45) is 11.5. The van der Waals surface area contributed by atoms with Crippen LogP contribution in [-0.4, -0.2) is 59.3 Å². The topological polar surface area (TPSA) is 151 Å². The van der Waals surface area contributed by atoms with Crippen molar-refractivity contribution in [2.45, 2.75) is 4.90 Å². The second-order valence-electron chi connectivity index (χ2n) is 5.20. The van der Waals surface area contributed by atoms with Gasteiger partial charge in [-0.3, -0.25) is 0 Å². The van der Waals surface area contributed by atoms with Crippen molar-refractivity contribution in [3.63, 3.8) is 0 Å². The maximum absolute atomic E-state index is 11.2. The van der Waals surface area contributed by atoms with E-state index in [0.717, 1.165) is 23.5 Å². The molecule has 0 aromatic carbocycles. The normalized spacial score (nSPS) is 10.6. The SMILES string of the molecule is CS(=O)(=O)Cl.CS(=O)(=O)c1c[nH]c2ncncc12.[Ar].[Ar].c1ncc2cc[nH]c2n1. The number of aromatic nitrogens is 6. The molecule has 0 saturated heterocycles. The molecule has 0 amide bonds. The number of aromatic amines is 2. The maximum Gasteiger partial charge on any atom is 0.229 e. The third kappa shape index (κ3) is 10.2. The molecule has 0 unspecified atom stereocenters. The van der Waals surface area contributed by atoms with Crippen LogP contribution in [0.5, 0.6) is 0 Å².